The lowest BCUT2D eigenvalue weighted by Crippen LogP contribution is -2.52. The van der Waals surface area contributed by atoms with Crippen LogP contribution in [0.1, 0.15) is 94.4 Å². The molecule has 0 bridgehead atoms. The third kappa shape index (κ3) is 11.3. The van der Waals surface area contributed by atoms with E-state index >= 15 is 0 Å². The molecule has 3 aromatic rings. The average molecular weight is 873 g/mol. The molecule has 3 aromatic carbocycles. The summed E-state index contributed by atoms with van der Waals surface area (Å²) in [4.78, 5) is 39.6. The number of halogens is 3. The summed E-state index contributed by atoms with van der Waals surface area (Å²) < 4.78 is 65.3. The van der Waals surface area contributed by atoms with E-state index in [1.165, 1.54) is 25.6 Å². The van der Waals surface area contributed by atoms with Gasteiger partial charge in [-0.05, 0) is 112 Å². The van der Waals surface area contributed by atoms with E-state index in [9.17, 15) is 23.2 Å². The van der Waals surface area contributed by atoms with Gasteiger partial charge in [0, 0.05) is 49.5 Å². The van der Waals surface area contributed by atoms with Gasteiger partial charge in [-0.15, -0.1) is 11.8 Å². The van der Waals surface area contributed by atoms with Crippen LogP contribution in [0, 0.1) is 24.5 Å². The number of carbonyl (C=O) groups excluding carboxylic acids is 3. The van der Waals surface area contributed by atoms with Crippen molar-refractivity contribution in [1.29, 1.82) is 0 Å². The number of amides is 1. The van der Waals surface area contributed by atoms with Crippen molar-refractivity contribution in [1.82, 2.24) is 10.2 Å². The number of benzene rings is 3. The Hall–Kier alpha value is -3.95. The highest BCUT2D eigenvalue weighted by Crippen LogP contribution is 2.44. The molecule has 0 unspecified atom stereocenters. The first-order valence-corrected chi connectivity index (χ1v) is 21.9. The number of alkyl carbamates (subject to hydrolysis) is 1. The lowest BCUT2D eigenvalue weighted by molar-refractivity contribution is -0.211. The standard InChI is InChI=1S/C45H55ClF2N2O9S/c1-24-17-36(46)29(19-34(24)41-42(56-27(4)52)39(55-26(3)51)25(2)43(58-41)60-8)18-28-9-12-32(13-10-28)57-33-15-16-50(22-33)31-21-38(49-44(53)59-45(5,6)7)40(54-23-31)35-20-30(47)11-14-37(35)48/h9-14,17,19-20,25,31,33,38-43H,15-16,18,21-23H2,1-8H3,(H,49,53)/t25-,31+,33+,38-,39-,40+,41-,42+,43+/m0/s1. The highest BCUT2D eigenvalue weighted by Gasteiger charge is 2.49. The van der Waals surface area contributed by atoms with Gasteiger partial charge in [-0.25, -0.2) is 13.6 Å². The Kier molecular flexibility index (Phi) is 14.7. The van der Waals surface area contributed by atoms with Gasteiger partial charge in [-0.1, -0.05) is 36.7 Å². The second kappa shape index (κ2) is 19.4. The molecule has 3 saturated heterocycles. The molecule has 3 aliphatic heterocycles. The van der Waals surface area contributed by atoms with Gasteiger partial charge in [0.2, 0.25) is 0 Å². The predicted octanol–water partition coefficient (Wildman–Crippen LogP) is 8.65. The first-order chi connectivity index (χ1) is 28.4. The topological polar surface area (TPSA) is 122 Å². The Morgan fingerprint density at radius 1 is 0.967 bits per heavy atom. The van der Waals surface area contributed by atoms with E-state index in [-0.39, 0.29) is 35.7 Å². The molecule has 60 heavy (non-hydrogen) atoms. The van der Waals surface area contributed by atoms with E-state index in [1.54, 1.807) is 20.8 Å². The SMILES string of the molecule is CS[C@H]1O[C@@H](c2cc(Cc3ccc(O[C@@H]4CCN([C@H]5CO[C@H](c6cc(F)ccc6F)[C@@H](NC(=O)OC(C)(C)C)C5)C4)cc3)c(Cl)cc2C)[C@H](OC(C)=O)[C@@H](OC(C)=O)[C@@H]1C. The van der Waals surface area contributed by atoms with E-state index in [0.29, 0.717) is 30.2 Å². The molecular formula is C45H55ClF2N2O9S. The summed E-state index contributed by atoms with van der Waals surface area (Å²) in [7, 11) is 0. The molecule has 0 aliphatic carbocycles. The Bertz CT molecular complexity index is 2020. The Labute approximate surface area is 360 Å². The van der Waals surface area contributed by atoms with E-state index in [1.807, 2.05) is 56.5 Å². The summed E-state index contributed by atoms with van der Waals surface area (Å²) in [6.45, 7) is 13.4. The zero-order valence-electron chi connectivity index (χ0n) is 35.3. The minimum absolute atomic E-state index is 0.0465. The van der Waals surface area contributed by atoms with Crippen molar-refractivity contribution >= 4 is 41.4 Å². The lowest BCUT2D eigenvalue weighted by atomic mass is 9.86. The molecule has 0 radical (unpaired) electrons. The van der Waals surface area contributed by atoms with Crippen LogP contribution in [0.15, 0.2) is 54.6 Å². The van der Waals surface area contributed by atoms with Crippen molar-refractivity contribution < 1.29 is 51.6 Å². The molecule has 3 aliphatic rings. The summed E-state index contributed by atoms with van der Waals surface area (Å²) in [6, 6.07) is 14.2. The number of ether oxygens (including phenoxy) is 6. The van der Waals surface area contributed by atoms with Crippen LogP contribution in [0.3, 0.4) is 0 Å². The van der Waals surface area contributed by atoms with Gasteiger partial charge in [0.25, 0.3) is 0 Å². The van der Waals surface area contributed by atoms with Gasteiger partial charge < -0.3 is 33.7 Å². The van der Waals surface area contributed by atoms with Crippen LogP contribution in [-0.2, 0) is 39.7 Å². The van der Waals surface area contributed by atoms with E-state index in [0.717, 1.165) is 53.4 Å². The molecule has 326 valence electrons. The zero-order chi connectivity index (χ0) is 43.5. The maximum atomic E-state index is 14.9. The Morgan fingerprint density at radius 2 is 1.67 bits per heavy atom. The summed E-state index contributed by atoms with van der Waals surface area (Å²) in [6.07, 6.45) is -0.296. The van der Waals surface area contributed by atoms with E-state index < -0.39 is 65.7 Å². The summed E-state index contributed by atoms with van der Waals surface area (Å²) >= 11 is 8.33. The molecule has 1 N–H and O–H groups in total. The number of hydrogen-bond donors (Lipinski definition) is 1. The van der Waals surface area contributed by atoms with Crippen LogP contribution < -0.4 is 10.1 Å². The highest BCUT2D eigenvalue weighted by molar-refractivity contribution is 7.99. The minimum atomic E-state index is -0.895. The molecule has 3 fully saturated rings. The molecule has 0 aromatic heterocycles. The van der Waals surface area contributed by atoms with Crippen molar-refractivity contribution in [3.8, 4) is 5.75 Å². The summed E-state index contributed by atoms with van der Waals surface area (Å²) in [5.74, 6) is -1.70. The number of carbonyl (C=O) groups is 3. The number of nitrogens with one attached hydrogen (secondary N) is 1. The second-order valence-corrected chi connectivity index (χ2v) is 18.2. The van der Waals surface area contributed by atoms with Gasteiger partial charge in [-0.2, -0.15) is 0 Å². The molecule has 11 nitrogen and oxygen atoms in total. The first kappa shape index (κ1) is 45.6. The molecule has 0 saturated carbocycles. The quantitative estimate of drug-likeness (QED) is 0.147. The Morgan fingerprint density at radius 3 is 2.33 bits per heavy atom. The maximum absolute atomic E-state index is 14.9. The number of thioether (sulfide) groups is 1. The molecular weight excluding hydrogens is 818 g/mol. The largest absolute Gasteiger partial charge is 0.489 e. The average Bonchev–Trinajstić information content (AvgIpc) is 3.63. The van der Waals surface area contributed by atoms with Crippen molar-refractivity contribution in [3.05, 3.63) is 99.1 Å². The molecule has 3 heterocycles. The monoisotopic (exact) mass is 872 g/mol. The van der Waals surface area contributed by atoms with Crippen molar-refractivity contribution in [2.75, 3.05) is 26.0 Å². The minimum Gasteiger partial charge on any atom is -0.489 e. The van der Waals surface area contributed by atoms with E-state index in [2.05, 4.69) is 10.2 Å². The number of hydrogen-bond acceptors (Lipinski definition) is 11. The second-order valence-electron chi connectivity index (χ2n) is 16.9. The third-order valence-electron chi connectivity index (χ3n) is 11.1. The van der Waals surface area contributed by atoms with Crippen molar-refractivity contribution in [3.63, 3.8) is 0 Å². The number of nitrogens with zero attached hydrogens (tertiary/aromatic N) is 1. The third-order valence-corrected chi connectivity index (χ3v) is 12.4. The fourth-order valence-corrected chi connectivity index (χ4v) is 9.44. The van der Waals surface area contributed by atoms with Crippen LogP contribution in [0.4, 0.5) is 13.6 Å². The first-order valence-electron chi connectivity index (χ1n) is 20.3. The van der Waals surface area contributed by atoms with Crippen molar-refractivity contribution in [2.45, 2.75) is 121 Å². The summed E-state index contributed by atoms with van der Waals surface area (Å²) in [5.41, 5.74) is 2.47. The molecule has 15 heteroatoms. The highest BCUT2D eigenvalue weighted by atomic mass is 35.5. The fourth-order valence-electron chi connectivity index (χ4n) is 8.34. The maximum Gasteiger partial charge on any atom is 0.407 e. The van der Waals surface area contributed by atoms with Crippen LogP contribution >= 0.6 is 23.4 Å². The number of rotatable bonds is 11. The molecule has 6 rings (SSSR count). The van der Waals surface area contributed by atoms with Gasteiger partial charge in [0.1, 0.15) is 52.8 Å². The molecule has 0 spiro atoms. The normalized spacial score (nSPS) is 27.2. The fraction of sp³-hybridized carbons (Fsp3) is 0.533. The molecule has 9 atom stereocenters. The lowest BCUT2D eigenvalue weighted by Gasteiger charge is -2.44. The number of likely N-dealkylation sites (tertiary alicyclic amines) is 1. The van der Waals surface area contributed by atoms with E-state index in [4.69, 9.17) is 40.0 Å². The van der Waals surface area contributed by atoms with Crippen LogP contribution in [0.25, 0.3) is 0 Å². The van der Waals surface area contributed by atoms with Crippen LogP contribution in [0.2, 0.25) is 5.02 Å². The number of esters is 2. The Balaban J connectivity index is 1.11. The van der Waals surface area contributed by atoms with Crippen LogP contribution in [-0.4, -0.2) is 90.3 Å². The summed E-state index contributed by atoms with van der Waals surface area (Å²) in [5, 5.41) is 3.44. The smallest absolute Gasteiger partial charge is 0.407 e. The van der Waals surface area contributed by atoms with Crippen molar-refractivity contribution in [2.24, 2.45) is 5.92 Å². The van der Waals surface area contributed by atoms with Crippen LogP contribution in [0.5, 0.6) is 5.75 Å². The predicted molar refractivity (Wildman–Crippen MR) is 224 cm³/mol. The van der Waals surface area contributed by atoms with Gasteiger partial charge >= 0.3 is 18.0 Å². The van der Waals surface area contributed by atoms with Gasteiger partial charge in [-0.3, -0.25) is 14.5 Å². The van der Waals surface area contributed by atoms with Gasteiger partial charge in [0.15, 0.2) is 6.10 Å². The van der Waals surface area contributed by atoms with Gasteiger partial charge in [0.05, 0.1) is 12.6 Å². The zero-order valence-corrected chi connectivity index (χ0v) is 36.9. The molecule has 1 amide bonds. The number of aryl methyl sites for hydroxylation is 1.